The normalized spacial score (nSPS) is 10.5. The lowest BCUT2D eigenvalue weighted by atomic mass is 9.38. The monoisotopic (exact) mass is 464 g/mol. The molecule has 0 aliphatic heterocycles. The molecule has 1 heterocycles. The molecule has 182 valence electrons. The molecule has 2 nitrogen and oxygen atoms in total. The first-order valence-corrected chi connectivity index (χ1v) is 12.6. The van der Waals surface area contributed by atoms with Crippen LogP contribution < -0.4 is 10.9 Å². The highest BCUT2D eigenvalue weighted by atomic mass is 19.1. The third-order valence-electron chi connectivity index (χ3n) is 6.14. The Balaban J connectivity index is 0.000000242. The van der Waals surface area contributed by atoms with Crippen molar-refractivity contribution in [3.05, 3.63) is 91.0 Å². The van der Waals surface area contributed by atoms with Gasteiger partial charge in [-0.1, -0.05) is 94.3 Å². The number of hydrogen-bond donors (Lipinski definition) is 0. The first-order chi connectivity index (χ1) is 16.6. The minimum absolute atomic E-state index is 0.312. The van der Waals surface area contributed by atoms with Crippen molar-refractivity contribution in [2.75, 3.05) is 0 Å². The third kappa shape index (κ3) is 9.28. The summed E-state index contributed by atoms with van der Waals surface area (Å²) in [6.07, 6.45) is 17.2. The average Bonchev–Trinajstić information content (AvgIpc) is 3.25. The number of aryl methyl sites for hydroxylation is 2. The summed E-state index contributed by atoms with van der Waals surface area (Å²) >= 11 is 0. The van der Waals surface area contributed by atoms with Crippen molar-refractivity contribution in [2.24, 2.45) is 0 Å². The molecule has 1 aromatic heterocycles. The van der Waals surface area contributed by atoms with Gasteiger partial charge in [0, 0.05) is 18.4 Å². The first-order valence-electron chi connectivity index (χ1n) is 12.6. The second-order valence-corrected chi connectivity index (χ2v) is 8.82. The van der Waals surface area contributed by atoms with Crippen LogP contribution in [0, 0.1) is 18.6 Å². The van der Waals surface area contributed by atoms with Crippen molar-refractivity contribution in [3.8, 4) is 0 Å². The average molecular weight is 464 g/mol. The first kappa shape index (κ1) is 27.6. The molecule has 0 atom stereocenters. The summed E-state index contributed by atoms with van der Waals surface area (Å²) in [5, 5.41) is 0. The van der Waals surface area contributed by atoms with Crippen LogP contribution in [0.5, 0.6) is 0 Å². The van der Waals surface area contributed by atoms with E-state index in [1.54, 1.807) is 42.5 Å². The molecule has 0 saturated heterocycles. The van der Waals surface area contributed by atoms with Crippen molar-refractivity contribution in [2.45, 2.75) is 78.1 Å². The number of rotatable bonds is 13. The summed E-state index contributed by atoms with van der Waals surface area (Å²) in [5.41, 5.74) is 2.29. The predicted octanol–water partition coefficient (Wildman–Crippen LogP) is 7.09. The summed E-state index contributed by atoms with van der Waals surface area (Å²) < 4.78 is 29.9. The summed E-state index contributed by atoms with van der Waals surface area (Å²) in [6, 6.07) is 12.9. The van der Waals surface area contributed by atoms with E-state index in [0.717, 1.165) is 6.54 Å². The van der Waals surface area contributed by atoms with E-state index in [0.29, 0.717) is 17.2 Å². The van der Waals surface area contributed by atoms with Gasteiger partial charge >= 0.3 is 0 Å². The number of unbranched alkanes of at least 4 members (excludes halogenated alkanes) is 7. The summed E-state index contributed by atoms with van der Waals surface area (Å²) in [7, 11) is 0. The molecular weight excluding hydrogens is 425 g/mol. The molecule has 3 aromatic rings. The zero-order valence-corrected chi connectivity index (χ0v) is 20.9. The molecule has 0 N–H and O–H groups in total. The molecule has 2 aromatic carbocycles. The Bertz CT molecular complexity index is 925. The molecular formula is C29H39BF2N2. The number of aromatic nitrogens is 2. The van der Waals surface area contributed by atoms with Crippen molar-refractivity contribution < 1.29 is 8.78 Å². The summed E-state index contributed by atoms with van der Waals surface area (Å²) in [6.45, 7) is 8.87. The van der Waals surface area contributed by atoms with Gasteiger partial charge in [0.15, 0.2) is 0 Å². The molecule has 0 aliphatic carbocycles. The van der Waals surface area contributed by atoms with Gasteiger partial charge in [-0.05, 0) is 42.7 Å². The Morgan fingerprint density at radius 3 is 1.85 bits per heavy atom. The smallest absolute Gasteiger partial charge is 0.220 e. The summed E-state index contributed by atoms with van der Waals surface area (Å²) in [5.74, 6) is -0.625. The molecule has 0 amide bonds. The van der Waals surface area contributed by atoms with Crippen molar-refractivity contribution in [3.63, 3.8) is 0 Å². The molecule has 34 heavy (non-hydrogen) atoms. The van der Waals surface area contributed by atoms with Gasteiger partial charge in [0.25, 0.3) is 0 Å². The highest BCUT2D eigenvalue weighted by molar-refractivity contribution is 6.85. The number of benzene rings is 2. The van der Waals surface area contributed by atoms with Crippen LogP contribution in [0.25, 0.3) is 0 Å². The van der Waals surface area contributed by atoms with E-state index in [9.17, 15) is 8.78 Å². The number of allylic oxidation sites excluding steroid dienone is 1. The number of halogens is 2. The van der Waals surface area contributed by atoms with Crippen LogP contribution in [-0.4, -0.2) is 16.3 Å². The van der Waals surface area contributed by atoms with Crippen molar-refractivity contribution in [1.82, 2.24) is 9.55 Å². The topological polar surface area (TPSA) is 17.8 Å². The van der Waals surface area contributed by atoms with Gasteiger partial charge in [-0.3, -0.25) is 0 Å². The third-order valence-corrected chi connectivity index (χ3v) is 6.14. The SMILES string of the molecule is C=CCB(c1ccccc1F)c1ccccc1F.CCCCCCCCCCn1cncc1C. The minimum Gasteiger partial charge on any atom is -0.335 e. The molecule has 0 radical (unpaired) electrons. The Kier molecular flexibility index (Phi) is 13.0. The number of hydrogen-bond acceptors (Lipinski definition) is 1. The largest absolute Gasteiger partial charge is 0.335 e. The van der Waals surface area contributed by atoms with Crippen LogP contribution in [0.1, 0.15) is 64.0 Å². The molecule has 0 spiro atoms. The summed E-state index contributed by atoms with van der Waals surface area (Å²) in [4.78, 5) is 4.13. The van der Waals surface area contributed by atoms with Gasteiger partial charge in [-0.25, -0.2) is 13.8 Å². The van der Waals surface area contributed by atoms with Crippen LogP contribution in [0.3, 0.4) is 0 Å². The van der Waals surface area contributed by atoms with Gasteiger partial charge in [0.1, 0.15) is 11.6 Å². The van der Waals surface area contributed by atoms with Crippen molar-refractivity contribution >= 4 is 17.6 Å². The van der Waals surface area contributed by atoms with Gasteiger partial charge in [-0.15, -0.1) is 6.58 Å². The van der Waals surface area contributed by atoms with Crippen LogP contribution in [0.4, 0.5) is 8.78 Å². The van der Waals surface area contributed by atoms with Crippen LogP contribution in [-0.2, 0) is 6.54 Å². The van der Waals surface area contributed by atoms with Crippen LogP contribution in [0.15, 0.2) is 73.7 Å². The van der Waals surface area contributed by atoms with Gasteiger partial charge in [-0.2, -0.15) is 0 Å². The molecule has 0 fully saturated rings. The van der Waals surface area contributed by atoms with E-state index in [-0.39, 0.29) is 18.3 Å². The lowest BCUT2D eigenvalue weighted by molar-refractivity contribution is 0.540. The second kappa shape index (κ2) is 16.0. The van der Waals surface area contributed by atoms with E-state index in [2.05, 4.69) is 30.0 Å². The Morgan fingerprint density at radius 1 is 0.853 bits per heavy atom. The van der Waals surface area contributed by atoms with Gasteiger partial charge < -0.3 is 4.57 Å². The zero-order valence-electron chi connectivity index (χ0n) is 20.9. The van der Waals surface area contributed by atoms with E-state index in [4.69, 9.17) is 0 Å². The highest BCUT2D eigenvalue weighted by Gasteiger charge is 2.23. The van der Waals surface area contributed by atoms with E-state index < -0.39 is 0 Å². The maximum atomic E-state index is 13.8. The molecule has 3 rings (SSSR count). The molecule has 5 heteroatoms. The second-order valence-electron chi connectivity index (χ2n) is 8.82. The maximum absolute atomic E-state index is 13.8. The van der Waals surface area contributed by atoms with E-state index in [1.807, 2.05) is 12.5 Å². The predicted molar refractivity (Wildman–Crippen MR) is 142 cm³/mol. The van der Waals surface area contributed by atoms with E-state index >= 15 is 0 Å². The molecule has 0 aliphatic rings. The fourth-order valence-electron chi connectivity index (χ4n) is 4.14. The quantitative estimate of drug-likeness (QED) is 0.150. The molecule has 0 unspecified atom stereocenters. The number of nitrogens with zero attached hydrogens (tertiary/aromatic N) is 2. The lowest BCUT2D eigenvalue weighted by Crippen LogP contribution is -2.44. The standard InChI is InChI=1S/C15H13BF2.C14H26N2/c1-2-11-16(12-7-3-5-9-14(12)17)13-8-4-6-10-15(13)18;1-3-4-5-6-7-8-9-10-11-16-13-15-12-14(16)2/h2-10H,1,11H2;12-13H,3-11H2,1-2H3. The maximum Gasteiger partial charge on any atom is 0.220 e. The Hall–Kier alpha value is -2.69. The highest BCUT2D eigenvalue weighted by Crippen LogP contribution is 2.10. The van der Waals surface area contributed by atoms with E-state index in [1.165, 1.54) is 69.2 Å². The van der Waals surface area contributed by atoms with Gasteiger partial charge in [0.2, 0.25) is 6.71 Å². The fraction of sp³-hybridized carbons (Fsp3) is 0.414. The molecule has 0 saturated carbocycles. The minimum atomic E-state index is -0.329. The van der Waals surface area contributed by atoms with Gasteiger partial charge in [0.05, 0.1) is 6.33 Å². The van der Waals surface area contributed by atoms with Crippen LogP contribution >= 0.6 is 0 Å². The number of imidazole rings is 1. The Labute approximate surface area is 205 Å². The Morgan fingerprint density at radius 2 is 1.38 bits per heavy atom. The fourth-order valence-corrected chi connectivity index (χ4v) is 4.14. The van der Waals surface area contributed by atoms with Crippen molar-refractivity contribution in [1.29, 1.82) is 0 Å². The molecule has 0 bridgehead atoms. The van der Waals surface area contributed by atoms with Crippen LogP contribution in [0.2, 0.25) is 6.32 Å². The lowest BCUT2D eigenvalue weighted by Gasteiger charge is -2.14. The zero-order chi connectivity index (χ0) is 24.6.